The summed E-state index contributed by atoms with van der Waals surface area (Å²) in [6.07, 6.45) is 5.50. The number of hydrogen-bond donors (Lipinski definition) is 1. The number of anilines is 1. The van der Waals surface area contributed by atoms with Crippen LogP contribution in [0.1, 0.15) is 11.1 Å². The topological polar surface area (TPSA) is 42.2 Å². The van der Waals surface area contributed by atoms with Crippen LogP contribution >= 0.6 is 0 Å². The van der Waals surface area contributed by atoms with E-state index in [0.29, 0.717) is 0 Å². The van der Waals surface area contributed by atoms with Crippen LogP contribution in [0.15, 0.2) is 73.2 Å². The quantitative estimate of drug-likeness (QED) is 0.610. The summed E-state index contributed by atoms with van der Waals surface area (Å²) in [4.78, 5) is 8.95. The largest absolute Gasteiger partial charge is 0.365 e. The molecule has 4 rings (SSSR count). The molecule has 0 radical (unpaired) electrons. The van der Waals surface area contributed by atoms with E-state index >= 15 is 0 Å². The van der Waals surface area contributed by atoms with Gasteiger partial charge in [0, 0.05) is 24.5 Å². The van der Waals surface area contributed by atoms with Crippen LogP contribution in [0.5, 0.6) is 0 Å². The smallest absolute Gasteiger partial charge is 0.157 e. The molecule has 24 heavy (non-hydrogen) atoms. The standard InChI is InChI=1S/C20H18N4/c1-15-7-9-17(10-8-15)19-20(22-13-16-5-3-2-4-6-16)24-12-11-21-14-18(24)23-19/h2-12,14,22H,13H2,1H3. The number of benzene rings is 2. The van der Waals surface area contributed by atoms with Crippen LogP contribution in [-0.4, -0.2) is 14.4 Å². The fourth-order valence-electron chi connectivity index (χ4n) is 2.77. The molecule has 2 heterocycles. The molecule has 0 atom stereocenters. The van der Waals surface area contributed by atoms with Gasteiger partial charge in [-0.25, -0.2) is 4.98 Å². The number of rotatable bonds is 4. The summed E-state index contributed by atoms with van der Waals surface area (Å²) < 4.78 is 2.05. The highest BCUT2D eigenvalue weighted by atomic mass is 15.1. The van der Waals surface area contributed by atoms with Crippen molar-refractivity contribution in [2.75, 3.05) is 5.32 Å². The second-order valence-corrected chi connectivity index (χ2v) is 5.82. The Bertz CT molecular complexity index is 956. The first-order valence-corrected chi connectivity index (χ1v) is 7.98. The van der Waals surface area contributed by atoms with E-state index in [1.54, 1.807) is 12.4 Å². The molecule has 0 aliphatic carbocycles. The summed E-state index contributed by atoms with van der Waals surface area (Å²) >= 11 is 0. The molecule has 4 aromatic rings. The van der Waals surface area contributed by atoms with Crippen LogP contribution in [-0.2, 0) is 6.54 Å². The first-order chi connectivity index (χ1) is 11.8. The van der Waals surface area contributed by atoms with Crippen molar-refractivity contribution in [3.8, 4) is 11.3 Å². The van der Waals surface area contributed by atoms with E-state index in [1.165, 1.54) is 11.1 Å². The van der Waals surface area contributed by atoms with Gasteiger partial charge in [0.1, 0.15) is 11.5 Å². The Labute approximate surface area is 140 Å². The summed E-state index contributed by atoms with van der Waals surface area (Å²) in [7, 11) is 0. The first-order valence-electron chi connectivity index (χ1n) is 7.98. The highest BCUT2D eigenvalue weighted by Crippen LogP contribution is 2.29. The summed E-state index contributed by atoms with van der Waals surface area (Å²) in [5.74, 6) is 0.986. The molecule has 0 unspecified atom stereocenters. The number of hydrogen-bond acceptors (Lipinski definition) is 3. The summed E-state index contributed by atoms with van der Waals surface area (Å²) in [5.41, 5.74) is 5.35. The second kappa shape index (κ2) is 6.16. The molecular formula is C20H18N4. The van der Waals surface area contributed by atoms with Crippen molar-refractivity contribution in [2.24, 2.45) is 0 Å². The van der Waals surface area contributed by atoms with Crippen molar-refractivity contribution < 1.29 is 0 Å². The van der Waals surface area contributed by atoms with Crippen molar-refractivity contribution in [3.63, 3.8) is 0 Å². The Balaban J connectivity index is 1.77. The number of aryl methyl sites for hydroxylation is 1. The predicted octanol–water partition coefficient (Wildman–Crippen LogP) is 4.32. The van der Waals surface area contributed by atoms with E-state index in [1.807, 2.05) is 16.7 Å². The Morgan fingerprint density at radius 1 is 1.00 bits per heavy atom. The molecule has 118 valence electrons. The molecule has 0 aliphatic heterocycles. The Kier molecular flexibility index (Phi) is 3.71. The lowest BCUT2D eigenvalue weighted by atomic mass is 10.1. The van der Waals surface area contributed by atoms with Gasteiger partial charge < -0.3 is 5.32 Å². The van der Waals surface area contributed by atoms with Gasteiger partial charge in [0.05, 0.1) is 6.20 Å². The van der Waals surface area contributed by atoms with Crippen molar-refractivity contribution in [1.29, 1.82) is 0 Å². The third-order valence-electron chi connectivity index (χ3n) is 4.06. The molecule has 2 aromatic heterocycles. The van der Waals surface area contributed by atoms with Gasteiger partial charge in [-0.1, -0.05) is 60.2 Å². The van der Waals surface area contributed by atoms with Gasteiger partial charge in [-0.3, -0.25) is 9.38 Å². The maximum absolute atomic E-state index is 4.76. The van der Waals surface area contributed by atoms with Gasteiger partial charge in [0.15, 0.2) is 5.65 Å². The third-order valence-corrected chi connectivity index (χ3v) is 4.06. The molecule has 0 saturated heterocycles. The van der Waals surface area contributed by atoms with Crippen LogP contribution in [0.2, 0.25) is 0 Å². The zero-order valence-corrected chi connectivity index (χ0v) is 13.5. The van der Waals surface area contributed by atoms with Crippen molar-refractivity contribution >= 4 is 11.5 Å². The fourth-order valence-corrected chi connectivity index (χ4v) is 2.77. The number of aromatic nitrogens is 3. The Morgan fingerprint density at radius 2 is 1.79 bits per heavy atom. The van der Waals surface area contributed by atoms with E-state index in [-0.39, 0.29) is 0 Å². The van der Waals surface area contributed by atoms with Crippen LogP contribution in [0, 0.1) is 6.92 Å². The van der Waals surface area contributed by atoms with Gasteiger partial charge >= 0.3 is 0 Å². The molecular weight excluding hydrogens is 296 g/mol. The highest BCUT2D eigenvalue weighted by molar-refractivity contribution is 5.76. The number of fused-ring (bicyclic) bond motifs is 1. The Hall–Kier alpha value is -3.14. The first kappa shape index (κ1) is 14.5. The van der Waals surface area contributed by atoms with E-state index < -0.39 is 0 Å². The zero-order valence-electron chi connectivity index (χ0n) is 13.5. The van der Waals surface area contributed by atoms with E-state index in [0.717, 1.165) is 29.3 Å². The van der Waals surface area contributed by atoms with E-state index in [2.05, 4.69) is 65.8 Å². The van der Waals surface area contributed by atoms with Crippen molar-refractivity contribution in [3.05, 3.63) is 84.3 Å². The maximum Gasteiger partial charge on any atom is 0.157 e. The van der Waals surface area contributed by atoms with Crippen LogP contribution in [0.25, 0.3) is 16.9 Å². The van der Waals surface area contributed by atoms with Crippen molar-refractivity contribution in [1.82, 2.24) is 14.4 Å². The number of imidazole rings is 1. The highest BCUT2D eigenvalue weighted by Gasteiger charge is 2.13. The molecule has 0 saturated carbocycles. The minimum atomic E-state index is 0.746. The van der Waals surface area contributed by atoms with Gasteiger partial charge in [-0.05, 0) is 12.5 Å². The minimum absolute atomic E-state index is 0.746. The van der Waals surface area contributed by atoms with Crippen molar-refractivity contribution in [2.45, 2.75) is 13.5 Å². The predicted molar refractivity (Wildman–Crippen MR) is 96.9 cm³/mol. The van der Waals surface area contributed by atoms with Crippen LogP contribution < -0.4 is 5.32 Å². The number of nitrogens with one attached hydrogen (secondary N) is 1. The monoisotopic (exact) mass is 314 g/mol. The van der Waals surface area contributed by atoms with E-state index in [4.69, 9.17) is 4.98 Å². The Morgan fingerprint density at radius 3 is 2.58 bits per heavy atom. The number of nitrogens with zero attached hydrogens (tertiary/aromatic N) is 3. The summed E-state index contributed by atoms with van der Waals surface area (Å²) in [5, 5.41) is 3.54. The molecule has 0 spiro atoms. The van der Waals surface area contributed by atoms with Gasteiger partial charge in [-0.2, -0.15) is 0 Å². The molecule has 0 bridgehead atoms. The van der Waals surface area contributed by atoms with Crippen LogP contribution in [0.3, 0.4) is 0 Å². The fraction of sp³-hybridized carbons (Fsp3) is 0.100. The average molecular weight is 314 g/mol. The molecule has 1 N–H and O–H groups in total. The lowest BCUT2D eigenvalue weighted by Gasteiger charge is -2.09. The van der Waals surface area contributed by atoms with Gasteiger partial charge in [-0.15, -0.1) is 0 Å². The average Bonchev–Trinajstić information content (AvgIpc) is 3.00. The third kappa shape index (κ3) is 2.74. The van der Waals surface area contributed by atoms with Crippen LogP contribution in [0.4, 0.5) is 5.82 Å². The lowest BCUT2D eigenvalue weighted by molar-refractivity contribution is 1.07. The minimum Gasteiger partial charge on any atom is -0.365 e. The molecule has 2 aromatic carbocycles. The maximum atomic E-state index is 4.76. The molecule has 0 amide bonds. The molecule has 0 fully saturated rings. The summed E-state index contributed by atoms with van der Waals surface area (Å²) in [6, 6.07) is 18.8. The lowest BCUT2D eigenvalue weighted by Crippen LogP contribution is -2.03. The van der Waals surface area contributed by atoms with Gasteiger partial charge in [0.2, 0.25) is 0 Å². The second-order valence-electron chi connectivity index (χ2n) is 5.82. The van der Waals surface area contributed by atoms with Gasteiger partial charge in [0.25, 0.3) is 0 Å². The zero-order chi connectivity index (χ0) is 16.4. The van der Waals surface area contributed by atoms with E-state index in [9.17, 15) is 0 Å². The summed E-state index contributed by atoms with van der Waals surface area (Å²) in [6.45, 7) is 2.84. The molecule has 4 heteroatoms. The normalized spacial score (nSPS) is 10.9. The molecule has 4 nitrogen and oxygen atoms in total. The SMILES string of the molecule is Cc1ccc(-c2nc3cnccn3c2NCc2ccccc2)cc1. The molecule has 0 aliphatic rings.